The maximum Gasteiger partial charge on any atom is 0.297 e. The van der Waals surface area contributed by atoms with Gasteiger partial charge in [0.05, 0.1) is 15.9 Å². The van der Waals surface area contributed by atoms with Gasteiger partial charge in [0.25, 0.3) is 20.2 Å². The smallest absolute Gasteiger partial charge is 0.297 e. The van der Waals surface area contributed by atoms with E-state index in [1.807, 2.05) is 13.8 Å². The molecule has 0 unspecified atom stereocenters. The van der Waals surface area contributed by atoms with Crippen molar-refractivity contribution < 1.29 is 39.4 Å². The van der Waals surface area contributed by atoms with Crippen LogP contribution >= 0.6 is 22.6 Å². The second-order valence-corrected chi connectivity index (χ2v) is 11.8. The number of ether oxygens (including phenoxy) is 3. The molecule has 0 radical (unpaired) electrons. The Morgan fingerprint density at radius 3 is 1.56 bits per heavy atom. The van der Waals surface area contributed by atoms with Gasteiger partial charge in [-0.25, -0.2) is 0 Å². The fourth-order valence-corrected chi connectivity index (χ4v) is 6.38. The average molecular weight is 626 g/mol. The van der Waals surface area contributed by atoms with Gasteiger partial charge in [-0.3, -0.25) is 8.37 Å². The van der Waals surface area contributed by atoms with Gasteiger partial charge in [0.1, 0.15) is 12.2 Å². The number of methoxy groups -OCH3 is 2. The van der Waals surface area contributed by atoms with E-state index in [4.69, 9.17) is 22.6 Å². The molecule has 1 heterocycles. The van der Waals surface area contributed by atoms with Gasteiger partial charge < -0.3 is 14.2 Å². The number of alkyl halides is 1. The fraction of sp³-hybridized carbons (Fsp3) is 0.455. The summed E-state index contributed by atoms with van der Waals surface area (Å²) in [6.45, 7) is 3.64. The van der Waals surface area contributed by atoms with E-state index in [0.717, 1.165) is 11.1 Å². The minimum absolute atomic E-state index is 0.0837. The molecule has 34 heavy (non-hydrogen) atoms. The lowest BCUT2D eigenvalue weighted by Crippen LogP contribution is -2.61. The van der Waals surface area contributed by atoms with Crippen molar-refractivity contribution in [3.63, 3.8) is 0 Å². The molecule has 0 aromatic heterocycles. The van der Waals surface area contributed by atoms with E-state index in [-0.39, 0.29) is 9.79 Å². The van der Waals surface area contributed by atoms with Crippen LogP contribution in [0, 0.1) is 13.8 Å². The molecular formula is C22H27IO9S2. The highest BCUT2D eigenvalue weighted by molar-refractivity contribution is 14.1. The molecule has 0 bridgehead atoms. The van der Waals surface area contributed by atoms with E-state index in [9.17, 15) is 16.8 Å². The molecule has 3 rings (SSSR count). The predicted molar refractivity (Wildman–Crippen MR) is 132 cm³/mol. The standard InChI is InChI=1S/C22H27IO9S2/c1-14-5-9-16(10-6-14)33(24,25)31-20-19(28-3)18(13-23)30-22(29-4)21(20)32-34(26,27)17-11-7-15(2)8-12-17/h5-12,18-22H,13H2,1-4H3/t18-,19-,20+,21-,22+/m1/s1. The molecule has 9 nitrogen and oxygen atoms in total. The Balaban J connectivity index is 2.02. The minimum Gasteiger partial charge on any atom is -0.376 e. The Hall–Kier alpha value is -1.13. The third-order valence-electron chi connectivity index (χ3n) is 5.34. The first-order valence-electron chi connectivity index (χ1n) is 10.3. The van der Waals surface area contributed by atoms with Crippen LogP contribution < -0.4 is 0 Å². The normalized spacial score (nSPS) is 25.9. The summed E-state index contributed by atoms with van der Waals surface area (Å²) in [5, 5.41) is 0. The Morgan fingerprint density at radius 1 is 0.735 bits per heavy atom. The van der Waals surface area contributed by atoms with Crippen LogP contribution in [0.5, 0.6) is 0 Å². The molecule has 2 aromatic carbocycles. The van der Waals surface area contributed by atoms with E-state index in [2.05, 4.69) is 22.6 Å². The highest BCUT2D eigenvalue weighted by Gasteiger charge is 2.51. The largest absolute Gasteiger partial charge is 0.376 e. The number of halogens is 1. The van der Waals surface area contributed by atoms with Gasteiger partial charge in [0, 0.05) is 18.6 Å². The third kappa shape index (κ3) is 6.16. The topological polar surface area (TPSA) is 114 Å². The third-order valence-corrected chi connectivity index (χ3v) is 8.86. The molecule has 1 aliphatic heterocycles. The molecular weight excluding hydrogens is 599 g/mol. The lowest BCUT2D eigenvalue weighted by Gasteiger charge is -2.43. The molecule has 0 saturated carbocycles. The quantitative estimate of drug-likeness (QED) is 0.236. The molecule has 12 heteroatoms. The maximum atomic E-state index is 13.1. The van der Waals surface area contributed by atoms with Crippen molar-refractivity contribution in [3.8, 4) is 0 Å². The Morgan fingerprint density at radius 2 is 1.18 bits per heavy atom. The van der Waals surface area contributed by atoms with Gasteiger partial charge in [-0.1, -0.05) is 58.0 Å². The molecule has 188 valence electrons. The predicted octanol–water partition coefficient (Wildman–Crippen LogP) is 2.97. The van der Waals surface area contributed by atoms with Gasteiger partial charge in [-0.2, -0.15) is 16.8 Å². The zero-order chi connectivity index (χ0) is 25.1. The summed E-state index contributed by atoms with van der Waals surface area (Å²) in [6, 6.07) is 12.1. The van der Waals surface area contributed by atoms with Crippen LogP contribution in [0.15, 0.2) is 58.3 Å². The molecule has 0 aliphatic carbocycles. The van der Waals surface area contributed by atoms with Crippen LogP contribution in [0.25, 0.3) is 0 Å². The monoisotopic (exact) mass is 626 g/mol. The summed E-state index contributed by atoms with van der Waals surface area (Å²) in [4.78, 5) is -0.183. The lowest BCUT2D eigenvalue weighted by molar-refractivity contribution is -0.276. The van der Waals surface area contributed by atoms with Crippen LogP contribution in [0.3, 0.4) is 0 Å². The van der Waals surface area contributed by atoms with E-state index < -0.39 is 50.9 Å². The summed E-state index contributed by atoms with van der Waals surface area (Å²) < 4.78 is 80.5. The Labute approximate surface area is 214 Å². The van der Waals surface area contributed by atoms with Crippen molar-refractivity contribution in [1.29, 1.82) is 0 Å². The highest BCUT2D eigenvalue weighted by Crippen LogP contribution is 2.33. The van der Waals surface area contributed by atoms with Crippen LogP contribution in [-0.2, 0) is 42.8 Å². The number of aryl methyl sites for hydroxylation is 2. The molecule has 5 atom stereocenters. The van der Waals surface area contributed by atoms with E-state index >= 15 is 0 Å². The summed E-state index contributed by atoms with van der Waals surface area (Å²) in [5.74, 6) is 0. The van der Waals surface area contributed by atoms with Crippen LogP contribution in [-0.4, -0.2) is 66.2 Å². The summed E-state index contributed by atoms with van der Waals surface area (Å²) >= 11 is 2.06. The van der Waals surface area contributed by atoms with Crippen molar-refractivity contribution >= 4 is 42.8 Å². The van der Waals surface area contributed by atoms with Gasteiger partial charge in [-0.05, 0) is 38.1 Å². The molecule has 1 aliphatic rings. The molecule has 1 saturated heterocycles. The first-order valence-corrected chi connectivity index (χ1v) is 14.6. The first kappa shape index (κ1) is 27.5. The van der Waals surface area contributed by atoms with Crippen molar-refractivity contribution in [1.82, 2.24) is 0 Å². The zero-order valence-electron chi connectivity index (χ0n) is 19.1. The van der Waals surface area contributed by atoms with Gasteiger partial charge >= 0.3 is 0 Å². The van der Waals surface area contributed by atoms with E-state index in [0.29, 0.717) is 4.43 Å². The summed E-state index contributed by atoms with van der Waals surface area (Å²) in [5.41, 5.74) is 1.74. The van der Waals surface area contributed by atoms with Crippen LogP contribution in [0.2, 0.25) is 0 Å². The molecule has 1 fully saturated rings. The second kappa shape index (κ2) is 11.3. The second-order valence-electron chi connectivity index (χ2n) is 7.79. The van der Waals surface area contributed by atoms with Crippen LogP contribution in [0.4, 0.5) is 0 Å². The summed E-state index contributed by atoms with van der Waals surface area (Å²) in [6.07, 6.45) is -5.68. The number of hydrogen-bond donors (Lipinski definition) is 0. The lowest BCUT2D eigenvalue weighted by atomic mass is 10.00. The van der Waals surface area contributed by atoms with Crippen LogP contribution in [0.1, 0.15) is 11.1 Å². The number of rotatable bonds is 9. The minimum atomic E-state index is -4.33. The maximum absolute atomic E-state index is 13.1. The first-order chi connectivity index (χ1) is 16.0. The molecule has 0 spiro atoms. The summed E-state index contributed by atoms with van der Waals surface area (Å²) in [7, 11) is -5.97. The van der Waals surface area contributed by atoms with Crippen molar-refractivity contribution in [3.05, 3.63) is 59.7 Å². The highest BCUT2D eigenvalue weighted by atomic mass is 127. The Kier molecular flexibility index (Phi) is 9.12. The number of benzene rings is 2. The van der Waals surface area contributed by atoms with E-state index in [1.54, 1.807) is 24.3 Å². The van der Waals surface area contributed by atoms with Crippen molar-refractivity contribution in [2.24, 2.45) is 0 Å². The SMILES string of the molecule is CO[C@H]1O[C@H](CI)[C@@H](OC)[C@H](OS(=O)(=O)c2ccc(C)cc2)[C@H]1OS(=O)(=O)c1ccc(C)cc1. The number of hydrogen-bond acceptors (Lipinski definition) is 9. The van der Waals surface area contributed by atoms with Gasteiger partial charge in [0.15, 0.2) is 12.4 Å². The zero-order valence-corrected chi connectivity index (χ0v) is 22.9. The molecule has 0 N–H and O–H groups in total. The molecule has 0 amide bonds. The van der Waals surface area contributed by atoms with Gasteiger partial charge in [-0.15, -0.1) is 0 Å². The van der Waals surface area contributed by atoms with E-state index in [1.165, 1.54) is 38.5 Å². The van der Waals surface area contributed by atoms with Crippen molar-refractivity contribution in [2.75, 3.05) is 18.6 Å². The van der Waals surface area contributed by atoms with Crippen molar-refractivity contribution in [2.45, 2.75) is 54.3 Å². The average Bonchev–Trinajstić information content (AvgIpc) is 2.80. The fourth-order valence-electron chi connectivity index (χ4n) is 3.50. The Bertz CT molecular complexity index is 1170. The molecule has 2 aromatic rings. The van der Waals surface area contributed by atoms with Gasteiger partial charge in [0.2, 0.25) is 0 Å².